The van der Waals surface area contributed by atoms with E-state index in [2.05, 4.69) is 5.32 Å². The van der Waals surface area contributed by atoms with Crippen molar-refractivity contribution in [3.8, 4) is 5.75 Å². The summed E-state index contributed by atoms with van der Waals surface area (Å²) in [6.45, 7) is 2.50. The van der Waals surface area contributed by atoms with Crippen molar-refractivity contribution in [3.05, 3.63) is 63.4 Å². The van der Waals surface area contributed by atoms with Crippen molar-refractivity contribution in [1.82, 2.24) is 5.32 Å². The van der Waals surface area contributed by atoms with E-state index in [1.807, 2.05) is 31.2 Å². The second-order valence-electron chi connectivity index (χ2n) is 4.62. The first-order valence-electron chi connectivity index (χ1n) is 6.60. The highest BCUT2D eigenvalue weighted by molar-refractivity contribution is 6.36. The molecule has 0 fully saturated rings. The predicted octanol–water partition coefficient (Wildman–Crippen LogP) is 4.25. The normalized spacial score (nSPS) is 10.4. The molecule has 0 spiro atoms. The third-order valence-electron chi connectivity index (χ3n) is 2.99. The molecule has 1 amide bonds. The van der Waals surface area contributed by atoms with E-state index in [-0.39, 0.29) is 22.2 Å². The highest BCUT2D eigenvalue weighted by Gasteiger charge is 2.13. The summed E-state index contributed by atoms with van der Waals surface area (Å²) < 4.78 is 18.9. The highest BCUT2D eigenvalue weighted by atomic mass is 35.5. The van der Waals surface area contributed by atoms with Crippen LogP contribution in [0, 0.1) is 12.7 Å². The fourth-order valence-corrected chi connectivity index (χ4v) is 2.30. The Morgan fingerprint density at radius 2 is 1.95 bits per heavy atom. The number of para-hydroxylation sites is 1. The topological polar surface area (TPSA) is 38.3 Å². The zero-order valence-electron chi connectivity index (χ0n) is 11.8. The van der Waals surface area contributed by atoms with Crippen molar-refractivity contribution in [2.75, 3.05) is 13.2 Å². The maximum Gasteiger partial charge on any atom is 0.253 e. The Bertz CT molecular complexity index is 692. The van der Waals surface area contributed by atoms with E-state index < -0.39 is 11.7 Å². The summed E-state index contributed by atoms with van der Waals surface area (Å²) in [6.07, 6.45) is 0. The van der Waals surface area contributed by atoms with E-state index >= 15 is 0 Å². The fourth-order valence-electron chi connectivity index (χ4n) is 1.84. The van der Waals surface area contributed by atoms with Gasteiger partial charge in [-0.05, 0) is 30.7 Å². The largest absolute Gasteiger partial charge is 0.491 e. The van der Waals surface area contributed by atoms with Crippen LogP contribution >= 0.6 is 23.2 Å². The molecular formula is C16H14Cl2FNO2. The average Bonchev–Trinajstić information content (AvgIpc) is 2.49. The van der Waals surface area contributed by atoms with Crippen LogP contribution in [0.5, 0.6) is 5.75 Å². The highest BCUT2D eigenvalue weighted by Crippen LogP contribution is 2.24. The lowest BCUT2D eigenvalue weighted by molar-refractivity contribution is 0.0946. The third-order valence-corrected chi connectivity index (χ3v) is 3.60. The van der Waals surface area contributed by atoms with Crippen molar-refractivity contribution in [2.45, 2.75) is 6.92 Å². The Labute approximate surface area is 138 Å². The van der Waals surface area contributed by atoms with E-state index in [0.717, 1.165) is 17.4 Å². The number of benzene rings is 2. The summed E-state index contributed by atoms with van der Waals surface area (Å²) in [5.74, 6) is -0.409. The molecule has 0 bridgehead atoms. The van der Waals surface area contributed by atoms with Gasteiger partial charge in [0.05, 0.1) is 22.2 Å². The van der Waals surface area contributed by atoms with Crippen LogP contribution in [0.4, 0.5) is 4.39 Å². The Hall–Kier alpha value is -1.78. The number of carbonyl (C=O) groups is 1. The van der Waals surface area contributed by atoms with Gasteiger partial charge in [-0.2, -0.15) is 0 Å². The quantitative estimate of drug-likeness (QED) is 0.652. The predicted molar refractivity (Wildman–Crippen MR) is 85.4 cm³/mol. The molecule has 0 unspecified atom stereocenters. The molecule has 0 heterocycles. The van der Waals surface area contributed by atoms with Crippen molar-refractivity contribution in [2.24, 2.45) is 0 Å². The minimum atomic E-state index is -0.688. The van der Waals surface area contributed by atoms with Crippen LogP contribution in [0.1, 0.15) is 15.9 Å². The summed E-state index contributed by atoms with van der Waals surface area (Å²) in [6, 6.07) is 9.80. The molecule has 0 radical (unpaired) electrons. The molecule has 0 aromatic heterocycles. The fraction of sp³-hybridized carbons (Fsp3) is 0.188. The molecule has 116 valence electrons. The minimum absolute atomic E-state index is 0.0412. The summed E-state index contributed by atoms with van der Waals surface area (Å²) in [7, 11) is 0. The number of hydrogen-bond acceptors (Lipinski definition) is 2. The molecule has 2 rings (SSSR count). The van der Waals surface area contributed by atoms with Gasteiger partial charge < -0.3 is 10.1 Å². The second kappa shape index (κ2) is 7.47. The number of aryl methyl sites for hydroxylation is 1. The monoisotopic (exact) mass is 341 g/mol. The van der Waals surface area contributed by atoms with E-state index in [4.69, 9.17) is 27.9 Å². The second-order valence-corrected chi connectivity index (χ2v) is 5.43. The minimum Gasteiger partial charge on any atom is -0.491 e. The van der Waals surface area contributed by atoms with Gasteiger partial charge in [-0.25, -0.2) is 4.39 Å². The Morgan fingerprint density at radius 1 is 1.23 bits per heavy atom. The number of carbonyl (C=O) groups excluding carboxylic acids is 1. The summed E-state index contributed by atoms with van der Waals surface area (Å²) in [5, 5.41) is 2.60. The van der Waals surface area contributed by atoms with Crippen molar-refractivity contribution < 1.29 is 13.9 Å². The zero-order chi connectivity index (χ0) is 16.1. The van der Waals surface area contributed by atoms with E-state index in [9.17, 15) is 9.18 Å². The number of amides is 1. The van der Waals surface area contributed by atoms with Gasteiger partial charge in [0.25, 0.3) is 5.91 Å². The number of rotatable bonds is 5. The first-order chi connectivity index (χ1) is 10.5. The van der Waals surface area contributed by atoms with Gasteiger partial charge in [-0.15, -0.1) is 0 Å². The lowest BCUT2D eigenvalue weighted by atomic mass is 10.2. The molecule has 0 atom stereocenters. The van der Waals surface area contributed by atoms with Crippen LogP contribution in [-0.2, 0) is 0 Å². The summed E-state index contributed by atoms with van der Waals surface area (Å²) in [4.78, 5) is 11.9. The van der Waals surface area contributed by atoms with Crippen LogP contribution in [-0.4, -0.2) is 19.1 Å². The van der Waals surface area contributed by atoms with Gasteiger partial charge in [0, 0.05) is 0 Å². The lowest BCUT2D eigenvalue weighted by Crippen LogP contribution is -2.28. The zero-order valence-corrected chi connectivity index (χ0v) is 13.3. The number of halogens is 3. The van der Waals surface area contributed by atoms with Crippen LogP contribution in [0.15, 0.2) is 36.4 Å². The van der Waals surface area contributed by atoms with E-state index in [1.165, 1.54) is 6.07 Å². The average molecular weight is 342 g/mol. The Balaban J connectivity index is 1.88. The van der Waals surface area contributed by atoms with Gasteiger partial charge in [0.1, 0.15) is 18.2 Å². The van der Waals surface area contributed by atoms with E-state index in [1.54, 1.807) is 0 Å². The standard InChI is InChI=1S/C16H14Cl2FNO2/c1-10-4-2-3-5-15(10)22-7-6-20-16(21)11-8-14(19)13(18)9-12(11)17/h2-5,8-9H,6-7H2,1H3,(H,20,21). The van der Waals surface area contributed by atoms with Gasteiger partial charge in [0.2, 0.25) is 0 Å². The Morgan fingerprint density at radius 3 is 2.68 bits per heavy atom. The Kier molecular flexibility index (Phi) is 5.63. The molecule has 0 aliphatic heterocycles. The smallest absolute Gasteiger partial charge is 0.253 e. The van der Waals surface area contributed by atoms with E-state index in [0.29, 0.717) is 6.61 Å². The molecule has 2 aromatic carbocycles. The molecule has 1 N–H and O–H groups in total. The van der Waals surface area contributed by atoms with Crippen molar-refractivity contribution in [3.63, 3.8) is 0 Å². The summed E-state index contributed by atoms with van der Waals surface area (Å²) in [5.41, 5.74) is 1.05. The van der Waals surface area contributed by atoms with Gasteiger partial charge in [-0.1, -0.05) is 41.4 Å². The third kappa shape index (κ3) is 4.12. The van der Waals surface area contributed by atoms with Crippen molar-refractivity contribution in [1.29, 1.82) is 0 Å². The molecule has 0 saturated carbocycles. The van der Waals surface area contributed by atoms with Crippen LogP contribution in [0.3, 0.4) is 0 Å². The maximum atomic E-state index is 13.4. The lowest BCUT2D eigenvalue weighted by Gasteiger charge is -2.10. The number of nitrogens with one attached hydrogen (secondary N) is 1. The van der Waals surface area contributed by atoms with Crippen molar-refractivity contribution >= 4 is 29.1 Å². The van der Waals surface area contributed by atoms with Crippen LogP contribution in [0.2, 0.25) is 10.0 Å². The first kappa shape index (κ1) is 16.6. The van der Waals surface area contributed by atoms with Crippen LogP contribution < -0.4 is 10.1 Å². The molecule has 6 heteroatoms. The molecular weight excluding hydrogens is 328 g/mol. The molecule has 0 saturated heterocycles. The van der Waals surface area contributed by atoms with Gasteiger partial charge in [-0.3, -0.25) is 4.79 Å². The maximum absolute atomic E-state index is 13.4. The SMILES string of the molecule is Cc1ccccc1OCCNC(=O)c1cc(F)c(Cl)cc1Cl. The molecule has 0 aliphatic rings. The van der Waals surface area contributed by atoms with Gasteiger partial charge in [0.15, 0.2) is 0 Å². The first-order valence-corrected chi connectivity index (χ1v) is 7.36. The number of hydrogen-bond donors (Lipinski definition) is 1. The molecule has 22 heavy (non-hydrogen) atoms. The summed E-state index contributed by atoms with van der Waals surface area (Å²) >= 11 is 11.5. The molecule has 2 aromatic rings. The molecule has 0 aliphatic carbocycles. The molecule has 3 nitrogen and oxygen atoms in total. The number of ether oxygens (including phenoxy) is 1. The van der Waals surface area contributed by atoms with Crippen LogP contribution in [0.25, 0.3) is 0 Å². The van der Waals surface area contributed by atoms with Gasteiger partial charge >= 0.3 is 0 Å².